The average Bonchev–Trinajstić information content (AvgIpc) is 3.63. The van der Waals surface area contributed by atoms with Crippen molar-refractivity contribution in [3.8, 4) is 28.9 Å². The number of anilines is 1. The summed E-state index contributed by atoms with van der Waals surface area (Å²) in [5.41, 5.74) is 4.83. The van der Waals surface area contributed by atoms with E-state index in [1.807, 2.05) is 25.1 Å². The number of ether oxygens (including phenoxy) is 1. The van der Waals surface area contributed by atoms with Gasteiger partial charge in [-0.05, 0) is 78.2 Å². The second-order valence-corrected chi connectivity index (χ2v) is 11.7. The molecule has 46 heavy (non-hydrogen) atoms. The van der Waals surface area contributed by atoms with Crippen molar-refractivity contribution in [1.29, 1.82) is 5.26 Å². The molecular weight excluding hydrogens is 636 g/mol. The number of aryl methyl sites for hydroxylation is 1. The summed E-state index contributed by atoms with van der Waals surface area (Å²) in [6, 6.07) is 20.4. The van der Waals surface area contributed by atoms with Gasteiger partial charge in [0, 0.05) is 5.56 Å². The molecule has 0 unspecified atom stereocenters. The summed E-state index contributed by atoms with van der Waals surface area (Å²) in [5, 5.41) is 17.5. The maximum absolute atomic E-state index is 12.9. The third kappa shape index (κ3) is 7.79. The fourth-order valence-electron chi connectivity index (χ4n) is 4.56. The minimum Gasteiger partial charge on any atom is -0.406 e. The maximum Gasteiger partial charge on any atom is 0.573 e. The molecule has 1 amide bonds. The predicted octanol–water partition coefficient (Wildman–Crippen LogP) is 7.14. The molecule has 3 aromatic carbocycles. The van der Waals surface area contributed by atoms with Crippen LogP contribution >= 0.6 is 24.0 Å². The first kappa shape index (κ1) is 32.4. The molecule has 14 heteroatoms. The van der Waals surface area contributed by atoms with E-state index in [1.165, 1.54) is 47.0 Å². The molecule has 5 rings (SSSR count). The number of benzene rings is 3. The zero-order valence-corrected chi connectivity index (χ0v) is 26.4. The van der Waals surface area contributed by atoms with Crippen molar-refractivity contribution in [3.05, 3.63) is 95.4 Å². The highest BCUT2D eigenvalue weighted by molar-refractivity contribution is 8.15. The Morgan fingerprint density at radius 3 is 2.52 bits per heavy atom. The van der Waals surface area contributed by atoms with Crippen molar-refractivity contribution >= 4 is 51.9 Å². The molecule has 0 aliphatic carbocycles. The molecule has 1 aromatic heterocycles. The summed E-state index contributed by atoms with van der Waals surface area (Å²) < 4.78 is 42.6. The number of thioether (sulfide) groups is 1. The zero-order valence-electron chi connectivity index (χ0n) is 24.7. The van der Waals surface area contributed by atoms with E-state index in [0.717, 1.165) is 16.8 Å². The number of hydrogen-bond acceptors (Lipinski definition) is 7. The van der Waals surface area contributed by atoms with Gasteiger partial charge in [0.05, 0.1) is 17.1 Å². The Bertz CT molecular complexity index is 1880. The van der Waals surface area contributed by atoms with Gasteiger partial charge in [-0.15, -0.1) is 18.3 Å². The van der Waals surface area contributed by atoms with Gasteiger partial charge >= 0.3 is 6.36 Å². The fraction of sp³-hybridized carbons (Fsp3) is 0.188. The second kappa shape index (κ2) is 13.6. The smallest absolute Gasteiger partial charge is 0.406 e. The van der Waals surface area contributed by atoms with Crippen LogP contribution in [0.25, 0.3) is 23.2 Å². The molecule has 1 aliphatic heterocycles. The number of carbonyl (C=O) groups is 1. The van der Waals surface area contributed by atoms with Crippen molar-refractivity contribution < 1.29 is 22.7 Å². The lowest BCUT2D eigenvalue weighted by molar-refractivity contribution is -0.274. The number of aromatic nitrogens is 3. The van der Waals surface area contributed by atoms with E-state index in [-0.39, 0.29) is 34.1 Å². The molecule has 1 aliphatic rings. The van der Waals surface area contributed by atoms with E-state index >= 15 is 0 Å². The summed E-state index contributed by atoms with van der Waals surface area (Å²) >= 11 is 6.73. The molecule has 0 spiro atoms. The van der Waals surface area contributed by atoms with E-state index in [1.54, 1.807) is 35.2 Å². The largest absolute Gasteiger partial charge is 0.573 e. The molecule has 0 radical (unpaired) electrons. The molecule has 2 heterocycles. The lowest BCUT2D eigenvalue weighted by Crippen LogP contribution is -2.32. The van der Waals surface area contributed by atoms with Crippen molar-refractivity contribution in [2.24, 2.45) is 4.99 Å². The van der Waals surface area contributed by atoms with Gasteiger partial charge in [0.25, 0.3) is 0 Å². The van der Waals surface area contributed by atoms with Crippen molar-refractivity contribution in [2.45, 2.75) is 33.1 Å². The molecule has 1 saturated heterocycles. The number of alkyl halides is 3. The molecular formula is C32H26F3N7O2S2. The number of carbonyl (C=O) groups excluding carboxylic acids is 1. The standard InChI is InChI=1S/C32H26F3N7O2S2/c1-19(2)26-13-4-20(3)14-27(26)42-28(43)17-46-31(42)39-30(45)38-23(16-36)15-21-5-7-22(8-6-21)29-37-18-41(40-29)24-9-11-25(12-10-24)44-32(33,34)35/h4-15,18-19H,17H2,1-3H3,(H,38,45)/b23-15+,39-31?. The van der Waals surface area contributed by atoms with E-state index in [4.69, 9.17) is 12.2 Å². The normalized spacial score (nSPS) is 14.6. The van der Waals surface area contributed by atoms with Crippen LogP contribution in [0.1, 0.15) is 36.5 Å². The number of nitriles is 1. The molecule has 4 aromatic rings. The van der Waals surface area contributed by atoms with Crippen LogP contribution in [0.3, 0.4) is 0 Å². The van der Waals surface area contributed by atoms with Gasteiger partial charge in [0.1, 0.15) is 23.8 Å². The van der Waals surface area contributed by atoms with Gasteiger partial charge in [-0.1, -0.05) is 62.0 Å². The van der Waals surface area contributed by atoms with Gasteiger partial charge in [-0.3, -0.25) is 9.69 Å². The first-order valence-corrected chi connectivity index (χ1v) is 15.3. The van der Waals surface area contributed by atoms with Crippen molar-refractivity contribution in [3.63, 3.8) is 0 Å². The molecule has 9 nitrogen and oxygen atoms in total. The van der Waals surface area contributed by atoms with Gasteiger partial charge in [0.15, 0.2) is 16.1 Å². The number of amidine groups is 1. The quantitative estimate of drug-likeness (QED) is 0.165. The minimum atomic E-state index is -4.77. The number of nitrogens with zero attached hydrogens (tertiary/aromatic N) is 6. The highest BCUT2D eigenvalue weighted by Crippen LogP contribution is 2.34. The minimum absolute atomic E-state index is 0.0399. The van der Waals surface area contributed by atoms with Crippen LogP contribution in [-0.4, -0.2) is 43.1 Å². The van der Waals surface area contributed by atoms with Crippen LogP contribution in [0.4, 0.5) is 18.9 Å². The third-order valence-electron chi connectivity index (χ3n) is 6.68. The van der Waals surface area contributed by atoms with E-state index in [9.17, 15) is 23.2 Å². The number of aliphatic imine (C=N–C) groups is 1. The van der Waals surface area contributed by atoms with Crippen LogP contribution in [0.2, 0.25) is 0 Å². The first-order chi connectivity index (χ1) is 21.9. The average molecular weight is 662 g/mol. The number of amides is 1. The highest BCUT2D eigenvalue weighted by atomic mass is 32.2. The molecule has 0 atom stereocenters. The van der Waals surface area contributed by atoms with Crippen LogP contribution < -0.4 is 15.0 Å². The number of hydrogen-bond donors (Lipinski definition) is 1. The molecule has 0 saturated carbocycles. The lowest BCUT2D eigenvalue weighted by atomic mass is 9.99. The summed E-state index contributed by atoms with van der Waals surface area (Å²) in [7, 11) is 0. The van der Waals surface area contributed by atoms with Crippen molar-refractivity contribution in [1.82, 2.24) is 20.1 Å². The van der Waals surface area contributed by atoms with Gasteiger partial charge in [-0.2, -0.15) is 10.3 Å². The monoisotopic (exact) mass is 661 g/mol. The molecule has 1 fully saturated rings. The third-order valence-corrected chi connectivity index (χ3v) is 7.80. The Kier molecular flexibility index (Phi) is 9.54. The van der Waals surface area contributed by atoms with Crippen LogP contribution in [-0.2, 0) is 4.79 Å². The van der Waals surface area contributed by atoms with Gasteiger partial charge in [-0.25, -0.2) is 9.67 Å². The van der Waals surface area contributed by atoms with Crippen LogP contribution in [0.15, 0.2) is 83.7 Å². The first-order valence-electron chi connectivity index (χ1n) is 13.9. The Morgan fingerprint density at radius 2 is 1.87 bits per heavy atom. The highest BCUT2D eigenvalue weighted by Gasteiger charge is 2.32. The SMILES string of the molecule is Cc1ccc(C(C)C)c(N2C(=O)CSC2=NC(=S)N/C(C#N)=C/c2ccc(-c3ncn(-c4ccc(OC(F)(F)F)cc4)n3)cc2)c1. The molecule has 1 N–H and O–H groups in total. The Hall–Kier alpha value is -5.00. The zero-order chi connectivity index (χ0) is 33.0. The molecule has 0 bridgehead atoms. The second-order valence-electron chi connectivity index (χ2n) is 10.4. The maximum atomic E-state index is 12.9. The Morgan fingerprint density at radius 1 is 1.15 bits per heavy atom. The van der Waals surface area contributed by atoms with Crippen molar-refractivity contribution in [2.75, 3.05) is 10.7 Å². The van der Waals surface area contributed by atoms with E-state index in [2.05, 4.69) is 45.0 Å². The van der Waals surface area contributed by atoms with Crippen LogP contribution in [0.5, 0.6) is 5.75 Å². The van der Waals surface area contributed by atoms with Gasteiger partial charge < -0.3 is 10.1 Å². The topological polar surface area (TPSA) is 108 Å². The Labute approximate surface area is 272 Å². The fourth-order valence-corrected chi connectivity index (χ4v) is 5.68. The van der Waals surface area contributed by atoms with E-state index < -0.39 is 6.36 Å². The number of allylic oxidation sites excluding steroid dienone is 1. The lowest BCUT2D eigenvalue weighted by Gasteiger charge is -2.22. The summed E-state index contributed by atoms with van der Waals surface area (Å²) in [6.45, 7) is 6.09. The summed E-state index contributed by atoms with van der Waals surface area (Å²) in [4.78, 5) is 23.2. The molecule has 234 valence electrons. The van der Waals surface area contributed by atoms with Crippen LogP contribution in [0, 0.1) is 18.3 Å². The summed E-state index contributed by atoms with van der Waals surface area (Å²) in [6.07, 6.45) is -1.72. The number of nitrogens with one attached hydrogen (secondary N) is 1. The van der Waals surface area contributed by atoms with E-state index in [0.29, 0.717) is 27.8 Å². The Balaban J connectivity index is 1.28. The summed E-state index contributed by atoms with van der Waals surface area (Å²) in [5.74, 6) is 0.383. The predicted molar refractivity (Wildman–Crippen MR) is 175 cm³/mol. The van der Waals surface area contributed by atoms with Gasteiger partial charge in [0.2, 0.25) is 5.91 Å². The number of rotatable bonds is 7. The number of thiocarbonyl (C=S) groups is 1. The number of halogens is 3.